The topological polar surface area (TPSA) is 26.3 Å². The molecule has 17 heavy (non-hydrogen) atoms. The average molecular weight is 258 g/mol. The van der Waals surface area contributed by atoms with Crippen molar-refractivity contribution >= 4 is 26.3 Å². The van der Waals surface area contributed by atoms with E-state index in [-0.39, 0.29) is 11.1 Å². The van der Waals surface area contributed by atoms with E-state index in [1.54, 1.807) is 0 Å². The molecule has 0 saturated heterocycles. The van der Waals surface area contributed by atoms with Gasteiger partial charge in [-0.1, -0.05) is 0 Å². The zero-order chi connectivity index (χ0) is 12.6. The zero-order valence-electron chi connectivity index (χ0n) is 8.14. The van der Waals surface area contributed by atoms with Crippen LogP contribution < -0.4 is 3.79 Å². The maximum atomic E-state index is 13.4. The summed E-state index contributed by atoms with van der Waals surface area (Å²) in [4.78, 5) is 0. The van der Waals surface area contributed by atoms with Crippen molar-refractivity contribution in [2.24, 2.45) is 0 Å². The zero-order valence-corrected chi connectivity index (χ0v) is 9.29. The van der Waals surface area contributed by atoms with Crippen LogP contribution in [0.4, 0.5) is 17.6 Å². The Morgan fingerprint density at radius 2 is 1.71 bits per heavy atom. The van der Waals surface area contributed by atoms with Crippen LogP contribution in [0.25, 0.3) is 10.8 Å². The molecule has 0 aliphatic rings. The van der Waals surface area contributed by atoms with Gasteiger partial charge in [-0.15, -0.1) is 0 Å². The molecule has 0 N–H and O–H groups in total. The van der Waals surface area contributed by atoms with Crippen molar-refractivity contribution in [1.29, 1.82) is 0 Å². The molecule has 2 aromatic carbocycles. The molecule has 0 amide bonds. The van der Waals surface area contributed by atoms with Crippen LogP contribution in [-0.2, 0) is 3.80 Å². The summed E-state index contributed by atoms with van der Waals surface area (Å²) in [6.07, 6.45) is 0. The molecule has 0 bridgehead atoms. The third-order valence-corrected chi connectivity index (χ3v) is 2.57. The van der Waals surface area contributed by atoms with Gasteiger partial charge in [0.15, 0.2) is 0 Å². The SMILES string of the molecule is [O]=[Al][O]c1ccc(F)c2c(F)c(F)c(F)cc12. The summed E-state index contributed by atoms with van der Waals surface area (Å²) in [5.41, 5.74) is 0. The first-order chi connectivity index (χ1) is 8.06. The van der Waals surface area contributed by atoms with Gasteiger partial charge in [0.05, 0.1) is 0 Å². The summed E-state index contributed by atoms with van der Waals surface area (Å²) in [5.74, 6) is -6.08. The Balaban J connectivity index is 2.91. The molecule has 7 heteroatoms. The molecule has 0 saturated carbocycles. The monoisotopic (exact) mass is 258 g/mol. The van der Waals surface area contributed by atoms with E-state index < -0.39 is 44.1 Å². The van der Waals surface area contributed by atoms with E-state index in [0.29, 0.717) is 6.07 Å². The summed E-state index contributed by atoms with van der Waals surface area (Å²) in [5, 5.41) is -1.03. The first-order valence-electron chi connectivity index (χ1n) is 4.42. The summed E-state index contributed by atoms with van der Waals surface area (Å²) in [6, 6.07) is 2.49. The van der Waals surface area contributed by atoms with Gasteiger partial charge in [0, 0.05) is 0 Å². The van der Waals surface area contributed by atoms with E-state index >= 15 is 0 Å². The van der Waals surface area contributed by atoms with Crippen molar-refractivity contribution in [3.8, 4) is 5.75 Å². The van der Waals surface area contributed by atoms with Crippen molar-refractivity contribution in [1.82, 2.24) is 0 Å². The normalized spacial score (nSPS) is 10.4. The van der Waals surface area contributed by atoms with Gasteiger partial charge < -0.3 is 0 Å². The van der Waals surface area contributed by atoms with Gasteiger partial charge in [-0.05, 0) is 0 Å². The fourth-order valence-corrected chi connectivity index (χ4v) is 1.81. The second-order valence-corrected chi connectivity index (χ2v) is 3.60. The van der Waals surface area contributed by atoms with E-state index in [1.807, 2.05) is 0 Å². The Morgan fingerprint density at radius 3 is 2.35 bits per heavy atom. The molecule has 0 aliphatic carbocycles. The maximum absolute atomic E-state index is 13.4. The van der Waals surface area contributed by atoms with Gasteiger partial charge in [0.1, 0.15) is 0 Å². The fraction of sp³-hybridized carbons (Fsp3) is 0. The Kier molecular flexibility index (Phi) is 3.14. The number of benzene rings is 2. The molecule has 2 rings (SSSR count). The summed E-state index contributed by atoms with van der Waals surface area (Å²) < 4.78 is 67.6. The number of halogens is 4. The second kappa shape index (κ2) is 4.43. The van der Waals surface area contributed by atoms with Crippen LogP contribution >= 0.6 is 0 Å². The van der Waals surface area contributed by atoms with Gasteiger partial charge in [-0.3, -0.25) is 0 Å². The molecule has 0 radical (unpaired) electrons. The fourth-order valence-electron chi connectivity index (χ4n) is 1.50. The Bertz CT molecular complexity index is 615. The molecule has 0 spiro atoms. The van der Waals surface area contributed by atoms with Gasteiger partial charge in [0.2, 0.25) is 0 Å². The number of rotatable bonds is 2. The molecule has 2 nitrogen and oxygen atoms in total. The molecular formula is C10H3AlF4O2. The summed E-state index contributed by atoms with van der Waals surface area (Å²) >= 11 is -1.68. The van der Waals surface area contributed by atoms with Crippen molar-refractivity contribution in [2.45, 2.75) is 0 Å². The molecule has 0 aromatic heterocycles. The number of hydrogen-bond acceptors (Lipinski definition) is 2. The van der Waals surface area contributed by atoms with E-state index in [9.17, 15) is 21.4 Å². The number of hydrogen-bond donors (Lipinski definition) is 0. The Hall–Kier alpha value is -1.45. The van der Waals surface area contributed by atoms with Gasteiger partial charge in [-0.2, -0.15) is 0 Å². The molecule has 2 aromatic rings. The summed E-state index contributed by atoms with van der Waals surface area (Å²) in [6.45, 7) is 0. The van der Waals surface area contributed by atoms with Crippen LogP contribution in [0.5, 0.6) is 5.75 Å². The Labute approximate surface area is 99.1 Å². The second-order valence-electron chi connectivity index (χ2n) is 3.17. The molecule has 0 fully saturated rings. The number of fused-ring (bicyclic) bond motifs is 1. The van der Waals surface area contributed by atoms with Gasteiger partial charge >= 0.3 is 98.6 Å². The molecule has 86 valence electrons. The van der Waals surface area contributed by atoms with Crippen LogP contribution in [0.3, 0.4) is 0 Å². The van der Waals surface area contributed by atoms with Crippen molar-refractivity contribution < 1.29 is 25.2 Å². The molecule has 0 heterocycles. The van der Waals surface area contributed by atoms with Crippen molar-refractivity contribution in [2.75, 3.05) is 0 Å². The van der Waals surface area contributed by atoms with Crippen LogP contribution in [0.2, 0.25) is 0 Å². The van der Waals surface area contributed by atoms with Crippen molar-refractivity contribution in [3.05, 3.63) is 41.5 Å². The quantitative estimate of drug-likeness (QED) is 0.470. The van der Waals surface area contributed by atoms with Gasteiger partial charge in [0.25, 0.3) is 0 Å². The minimum absolute atomic E-state index is 0.163. The molecular weight excluding hydrogens is 255 g/mol. The predicted molar refractivity (Wildman–Crippen MR) is 50.8 cm³/mol. The standard InChI is InChI=1S/C10H4F4O.Al.O/c11-5-1-2-7(15)4-3-6(12)9(13)10(14)8(4)5;;/h1-3,15H;;/q;+1;/p-1. The predicted octanol–water partition coefficient (Wildman–Crippen LogP) is 2.74. The molecule has 0 unspecified atom stereocenters. The van der Waals surface area contributed by atoms with Gasteiger partial charge in [-0.25, -0.2) is 0 Å². The minimum atomic E-state index is -1.76. The van der Waals surface area contributed by atoms with Crippen LogP contribution in [0, 0.1) is 23.3 Å². The van der Waals surface area contributed by atoms with E-state index in [4.69, 9.17) is 0 Å². The first kappa shape index (κ1) is 12.0. The van der Waals surface area contributed by atoms with Crippen molar-refractivity contribution in [3.63, 3.8) is 0 Å². The average Bonchev–Trinajstić information content (AvgIpc) is 2.30. The molecule has 0 aliphatic heterocycles. The van der Waals surface area contributed by atoms with E-state index in [2.05, 4.69) is 3.79 Å². The summed E-state index contributed by atoms with van der Waals surface area (Å²) in [7, 11) is 0. The Morgan fingerprint density at radius 1 is 1.00 bits per heavy atom. The van der Waals surface area contributed by atoms with Crippen LogP contribution in [0.1, 0.15) is 0 Å². The first-order valence-corrected chi connectivity index (χ1v) is 5.36. The van der Waals surface area contributed by atoms with E-state index in [1.165, 1.54) is 0 Å². The third-order valence-electron chi connectivity index (χ3n) is 2.22. The third kappa shape index (κ3) is 1.92. The molecule has 0 atom stereocenters. The van der Waals surface area contributed by atoms with Crippen LogP contribution in [0.15, 0.2) is 18.2 Å². The van der Waals surface area contributed by atoms with Crippen LogP contribution in [-0.4, -0.2) is 15.5 Å². The van der Waals surface area contributed by atoms with E-state index in [0.717, 1.165) is 12.1 Å².